The van der Waals surface area contributed by atoms with Crippen LogP contribution in [0, 0.1) is 15.5 Å². The Labute approximate surface area is 180 Å². The number of anilines is 1. The predicted octanol–water partition coefficient (Wildman–Crippen LogP) is 4.19. The minimum absolute atomic E-state index is 0.0887. The van der Waals surface area contributed by atoms with Gasteiger partial charge in [-0.2, -0.15) is 0 Å². The van der Waals surface area contributed by atoms with Gasteiger partial charge in [-0.25, -0.2) is 4.79 Å². The van der Waals surface area contributed by atoms with E-state index >= 15 is 0 Å². The molecule has 1 aromatic carbocycles. The fourth-order valence-electron chi connectivity index (χ4n) is 3.65. The van der Waals surface area contributed by atoms with Gasteiger partial charge < -0.3 is 14.5 Å². The van der Waals surface area contributed by atoms with Gasteiger partial charge in [-0.05, 0) is 50.3 Å². The smallest absolute Gasteiger partial charge is 0.341 e. The van der Waals surface area contributed by atoms with Crippen molar-refractivity contribution in [2.45, 2.75) is 32.6 Å². The topological polar surface area (TPSA) is 136 Å². The van der Waals surface area contributed by atoms with Crippen molar-refractivity contribution in [2.24, 2.45) is 0 Å². The molecule has 2 N–H and O–H groups in total. The number of nitrogens with zero attached hydrogens (tertiary/aromatic N) is 1. The first-order valence-electron chi connectivity index (χ1n) is 9.79. The average molecular weight is 441 g/mol. The third-order valence-corrected chi connectivity index (χ3v) is 6.29. The van der Waals surface area contributed by atoms with Gasteiger partial charge in [-0.1, -0.05) is 0 Å². The Morgan fingerprint density at radius 1 is 1.29 bits per heavy atom. The lowest BCUT2D eigenvalue weighted by Crippen LogP contribution is -2.21. The molecule has 0 saturated carbocycles. The first-order valence-corrected chi connectivity index (χ1v) is 10.6. The van der Waals surface area contributed by atoms with Gasteiger partial charge in [0.25, 0.3) is 11.6 Å². The third-order valence-electron chi connectivity index (χ3n) is 5.08. The second kappa shape index (κ2) is 8.31. The Bertz CT molecular complexity index is 1280. The first-order chi connectivity index (χ1) is 14.9. The van der Waals surface area contributed by atoms with Crippen molar-refractivity contribution in [3.63, 3.8) is 0 Å². The van der Waals surface area contributed by atoms with Gasteiger partial charge in [0.2, 0.25) is 5.55 Å². The summed E-state index contributed by atoms with van der Waals surface area (Å²) in [6.07, 6.45) is 3.56. The highest BCUT2D eigenvalue weighted by Crippen LogP contribution is 2.38. The van der Waals surface area contributed by atoms with E-state index < -0.39 is 16.8 Å². The molecule has 0 radical (unpaired) electrons. The van der Waals surface area contributed by atoms with Crippen molar-refractivity contribution in [3.05, 3.63) is 61.5 Å². The molecule has 4 rings (SSSR count). The summed E-state index contributed by atoms with van der Waals surface area (Å²) < 4.78 is 10.6. The maximum atomic E-state index is 13.0. The van der Waals surface area contributed by atoms with E-state index in [-0.39, 0.29) is 29.0 Å². The van der Waals surface area contributed by atoms with Crippen molar-refractivity contribution in [3.8, 4) is 0 Å². The zero-order valence-electron chi connectivity index (χ0n) is 16.6. The van der Waals surface area contributed by atoms with Gasteiger partial charge in [0.05, 0.1) is 17.1 Å². The fourth-order valence-corrected chi connectivity index (χ4v) is 4.93. The number of ether oxygens (including phenoxy) is 1. The van der Waals surface area contributed by atoms with Crippen LogP contribution in [0.1, 0.15) is 50.9 Å². The summed E-state index contributed by atoms with van der Waals surface area (Å²) >= 11 is 1.34. The van der Waals surface area contributed by atoms with Gasteiger partial charge in [-0.15, -0.1) is 11.3 Å². The van der Waals surface area contributed by atoms with Crippen LogP contribution in [0.3, 0.4) is 0 Å². The SMILES string of the molecule is CCOC(=O)c1c(NC(=O)c2cc3cc([N+](=O)[O-])ccc3oc2=N)sc2c1CCCC2. The van der Waals surface area contributed by atoms with E-state index in [2.05, 4.69) is 5.32 Å². The molecule has 0 atom stereocenters. The minimum Gasteiger partial charge on any atom is -0.462 e. The number of carbonyl (C=O) groups excluding carboxylic acids is 2. The van der Waals surface area contributed by atoms with E-state index in [1.54, 1.807) is 6.92 Å². The summed E-state index contributed by atoms with van der Waals surface area (Å²) in [4.78, 5) is 37.1. The minimum atomic E-state index is -0.633. The Morgan fingerprint density at radius 3 is 2.81 bits per heavy atom. The van der Waals surface area contributed by atoms with Crippen LogP contribution in [0.15, 0.2) is 28.7 Å². The monoisotopic (exact) mass is 441 g/mol. The van der Waals surface area contributed by atoms with Crippen LogP contribution in [-0.4, -0.2) is 23.4 Å². The largest absolute Gasteiger partial charge is 0.462 e. The second-order valence-corrected chi connectivity index (χ2v) is 8.16. The Kier molecular flexibility index (Phi) is 5.55. The Morgan fingerprint density at radius 2 is 2.06 bits per heavy atom. The zero-order chi connectivity index (χ0) is 22.1. The van der Waals surface area contributed by atoms with E-state index in [1.807, 2.05) is 0 Å². The Hall–Kier alpha value is -3.53. The average Bonchev–Trinajstić information content (AvgIpc) is 3.10. The molecule has 0 fully saturated rings. The molecule has 0 unspecified atom stereocenters. The lowest BCUT2D eigenvalue weighted by Gasteiger charge is -2.12. The first kappa shape index (κ1) is 20.7. The van der Waals surface area contributed by atoms with Crippen molar-refractivity contribution in [1.82, 2.24) is 0 Å². The van der Waals surface area contributed by atoms with E-state index in [4.69, 9.17) is 14.6 Å². The second-order valence-electron chi connectivity index (χ2n) is 7.06. The molecule has 1 aliphatic carbocycles. The molecular formula is C21H19N3O6S. The number of thiophene rings is 1. The summed E-state index contributed by atoms with van der Waals surface area (Å²) in [5.74, 6) is -1.12. The number of nitrogens with one attached hydrogen (secondary N) is 2. The standard InChI is InChI=1S/C21H19N3O6S/c1-2-29-21(26)17-13-5-3-4-6-16(13)31-20(17)23-19(25)14-10-11-9-12(24(27)28)7-8-15(11)30-18(14)22/h7-10,22H,2-6H2,1H3,(H,23,25). The summed E-state index contributed by atoms with van der Waals surface area (Å²) in [7, 11) is 0. The molecular weight excluding hydrogens is 422 g/mol. The molecule has 1 aliphatic rings. The maximum Gasteiger partial charge on any atom is 0.341 e. The highest BCUT2D eigenvalue weighted by Gasteiger charge is 2.28. The van der Waals surface area contributed by atoms with Crippen LogP contribution >= 0.6 is 11.3 Å². The number of esters is 1. The van der Waals surface area contributed by atoms with Crippen molar-refractivity contribution in [1.29, 1.82) is 5.41 Å². The van der Waals surface area contributed by atoms with Crippen LogP contribution in [0.25, 0.3) is 11.0 Å². The van der Waals surface area contributed by atoms with Crippen molar-refractivity contribution >= 4 is 44.9 Å². The van der Waals surface area contributed by atoms with E-state index in [1.165, 1.54) is 35.6 Å². The predicted molar refractivity (Wildman–Crippen MR) is 114 cm³/mol. The van der Waals surface area contributed by atoms with Crippen LogP contribution in [0.2, 0.25) is 0 Å². The highest BCUT2D eigenvalue weighted by molar-refractivity contribution is 7.17. The van der Waals surface area contributed by atoms with Crippen LogP contribution < -0.4 is 10.9 Å². The number of amides is 1. The molecule has 0 saturated heterocycles. The molecule has 0 spiro atoms. The molecule has 160 valence electrons. The van der Waals surface area contributed by atoms with E-state index in [0.717, 1.165) is 36.1 Å². The number of hydrogen-bond acceptors (Lipinski definition) is 8. The summed E-state index contributed by atoms with van der Waals surface area (Å²) in [5, 5.41) is 22.5. The molecule has 0 bridgehead atoms. The number of hydrogen-bond donors (Lipinski definition) is 2. The Balaban J connectivity index is 1.73. The molecule has 1 amide bonds. The molecule has 2 aromatic heterocycles. The summed E-state index contributed by atoms with van der Waals surface area (Å²) in [5.41, 5.74) is 0.921. The van der Waals surface area contributed by atoms with Crippen LogP contribution in [0.4, 0.5) is 10.7 Å². The molecule has 3 aromatic rings. The lowest BCUT2D eigenvalue weighted by atomic mass is 9.95. The van der Waals surface area contributed by atoms with Gasteiger partial charge >= 0.3 is 5.97 Å². The quantitative estimate of drug-likeness (QED) is 0.346. The number of nitro benzene ring substituents is 1. The van der Waals surface area contributed by atoms with Crippen molar-refractivity contribution < 1.29 is 23.7 Å². The fraction of sp³-hybridized carbons (Fsp3) is 0.286. The van der Waals surface area contributed by atoms with Gasteiger partial charge in [-0.3, -0.25) is 20.3 Å². The maximum absolute atomic E-state index is 13.0. The molecule has 0 aliphatic heterocycles. The van der Waals surface area contributed by atoms with E-state index in [9.17, 15) is 19.7 Å². The lowest BCUT2D eigenvalue weighted by molar-refractivity contribution is -0.384. The van der Waals surface area contributed by atoms with Gasteiger partial charge in [0.15, 0.2) is 0 Å². The zero-order valence-corrected chi connectivity index (χ0v) is 17.5. The van der Waals surface area contributed by atoms with Crippen molar-refractivity contribution in [2.75, 3.05) is 11.9 Å². The van der Waals surface area contributed by atoms with E-state index in [0.29, 0.717) is 16.0 Å². The number of carbonyl (C=O) groups is 2. The van der Waals surface area contributed by atoms with Crippen LogP contribution in [-0.2, 0) is 17.6 Å². The van der Waals surface area contributed by atoms with Gasteiger partial charge in [0.1, 0.15) is 16.1 Å². The summed E-state index contributed by atoms with van der Waals surface area (Å²) in [6.45, 7) is 1.94. The summed E-state index contributed by atoms with van der Waals surface area (Å²) in [6, 6.07) is 5.32. The third kappa shape index (κ3) is 3.93. The molecule has 2 heterocycles. The number of fused-ring (bicyclic) bond motifs is 2. The molecule has 31 heavy (non-hydrogen) atoms. The molecule has 10 heteroatoms. The molecule has 9 nitrogen and oxygen atoms in total. The number of aryl methyl sites for hydroxylation is 1. The number of nitro groups is 1. The number of benzene rings is 1. The normalized spacial score (nSPS) is 12.9. The van der Waals surface area contributed by atoms with Crippen LogP contribution in [0.5, 0.6) is 0 Å². The number of rotatable bonds is 5. The highest BCUT2D eigenvalue weighted by atomic mass is 32.1. The number of non-ortho nitro benzene ring substituents is 1. The van der Waals surface area contributed by atoms with Gasteiger partial charge in [0, 0.05) is 22.4 Å².